The molecule has 0 aliphatic carbocycles. The van der Waals surface area contributed by atoms with Crippen molar-refractivity contribution in [3.8, 4) is 0 Å². The zero-order chi connectivity index (χ0) is 15.4. The molecule has 2 rings (SSSR count). The number of nitrogens with one attached hydrogen (secondary N) is 1. The number of amides is 1. The van der Waals surface area contributed by atoms with E-state index in [0.717, 1.165) is 22.6 Å². The number of aryl methyl sites for hydroxylation is 1. The van der Waals surface area contributed by atoms with E-state index < -0.39 is 11.6 Å². The molecule has 0 saturated heterocycles. The molecule has 21 heavy (non-hydrogen) atoms. The molecule has 2 aromatic carbocycles. The summed E-state index contributed by atoms with van der Waals surface area (Å²) in [5.41, 5.74) is 1.05. The van der Waals surface area contributed by atoms with Crippen molar-refractivity contribution in [2.24, 2.45) is 0 Å². The smallest absolute Gasteiger partial charge is 0.234 e. The largest absolute Gasteiger partial charge is 0.322 e. The van der Waals surface area contributed by atoms with Crippen LogP contribution in [0.3, 0.4) is 0 Å². The van der Waals surface area contributed by atoms with E-state index in [4.69, 9.17) is 0 Å². The highest BCUT2D eigenvalue weighted by Gasteiger charge is 2.13. The second-order valence-electron chi connectivity index (χ2n) is 4.40. The number of hydrogen-bond donors (Lipinski definition) is 1. The lowest BCUT2D eigenvalue weighted by molar-refractivity contribution is -0.113. The van der Waals surface area contributed by atoms with Crippen LogP contribution in [0.4, 0.5) is 14.5 Å². The van der Waals surface area contributed by atoms with Gasteiger partial charge in [-0.25, -0.2) is 8.78 Å². The maximum absolute atomic E-state index is 13.6. The van der Waals surface area contributed by atoms with Crippen LogP contribution in [-0.2, 0) is 4.79 Å². The molecule has 1 amide bonds. The molecule has 0 aliphatic heterocycles. The highest BCUT2D eigenvalue weighted by Crippen LogP contribution is 2.27. The van der Waals surface area contributed by atoms with Gasteiger partial charge in [-0.3, -0.25) is 4.79 Å². The van der Waals surface area contributed by atoms with Crippen LogP contribution in [0.5, 0.6) is 0 Å². The van der Waals surface area contributed by atoms with Crippen molar-refractivity contribution < 1.29 is 13.6 Å². The summed E-state index contributed by atoms with van der Waals surface area (Å²) >= 11 is 4.38. The molecular formula is C15H12BrF2NOS. The minimum absolute atomic E-state index is 0.0498. The lowest BCUT2D eigenvalue weighted by Crippen LogP contribution is -2.15. The van der Waals surface area contributed by atoms with Crippen molar-refractivity contribution >= 4 is 39.3 Å². The monoisotopic (exact) mass is 371 g/mol. The maximum atomic E-state index is 13.6. The number of rotatable bonds is 4. The fraction of sp³-hybridized carbons (Fsp3) is 0.133. The highest BCUT2D eigenvalue weighted by molar-refractivity contribution is 9.10. The van der Waals surface area contributed by atoms with Crippen LogP contribution in [0.2, 0.25) is 0 Å². The summed E-state index contributed by atoms with van der Waals surface area (Å²) in [6.07, 6.45) is 0. The summed E-state index contributed by atoms with van der Waals surface area (Å²) in [6, 6.07) is 9.58. The molecule has 6 heteroatoms. The van der Waals surface area contributed by atoms with Gasteiger partial charge < -0.3 is 5.32 Å². The molecule has 2 nitrogen and oxygen atoms in total. The van der Waals surface area contributed by atoms with Gasteiger partial charge >= 0.3 is 0 Å². The minimum atomic E-state index is -0.809. The summed E-state index contributed by atoms with van der Waals surface area (Å²) in [6.45, 7) is 1.97. The van der Waals surface area contributed by atoms with Gasteiger partial charge in [0.15, 0.2) is 5.82 Å². The third kappa shape index (κ3) is 4.54. The first-order chi connectivity index (χ1) is 9.95. The number of anilines is 1. The molecule has 0 fully saturated rings. The molecule has 2 aromatic rings. The Hall–Kier alpha value is -1.40. The molecule has 0 unspecified atom stereocenters. The first-order valence-electron chi connectivity index (χ1n) is 6.09. The van der Waals surface area contributed by atoms with Gasteiger partial charge in [-0.15, -0.1) is 11.8 Å². The molecule has 110 valence electrons. The molecule has 0 aromatic heterocycles. The number of hydrogen-bond acceptors (Lipinski definition) is 2. The third-order valence-electron chi connectivity index (χ3n) is 2.63. The van der Waals surface area contributed by atoms with Gasteiger partial charge in [0.05, 0.1) is 11.4 Å². The minimum Gasteiger partial charge on any atom is -0.322 e. The van der Waals surface area contributed by atoms with Crippen LogP contribution in [0.15, 0.2) is 45.8 Å². The van der Waals surface area contributed by atoms with E-state index in [2.05, 4.69) is 21.2 Å². The van der Waals surface area contributed by atoms with Crippen LogP contribution in [-0.4, -0.2) is 11.7 Å². The van der Waals surface area contributed by atoms with Crippen LogP contribution < -0.4 is 5.32 Å². The Balaban J connectivity index is 1.99. The van der Waals surface area contributed by atoms with E-state index >= 15 is 0 Å². The predicted octanol–water partition coefficient (Wildman–Crippen LogP) is 4.77. The summed E-state index contributed by atoms with van der Waals surface area (Å²) < 4.78 is 26.7. The zero-order valence-corrected chi connectivity index (χ0v) is 13.5. The van der Waals surface area contributed by atoms with Crippen molar-refractivity contribution in [2.45, 2.75) is 11.8 Å². The average Bonchev–Trinajstić information content (AvgIpc) is 2.40. The number of carbonyl (C=O) groups excluding carboxylic acids is 1. The molecule has 1 N–H and O–H groups in total. The molecule has 0 radical (unpaired) electrons. The second-order valence-corrected chi connectivity index (χ2v) is 6.30. The van der Waals surface area contributed by atoms with Gasteiger partial charge in [0, 0.05) is 15.4 Å². The van der Waals surface area contributed by atoms with Gasteiger partial charge in [0.25, 0.3) is 0 Å². The van der Waals surface area contributed by atoms with Gasteiger partial charge in [0.2, 0.25) is 5.91 Å². The van der Waals surface area contributed by atoms with Crippen molar-refractivity contribution in [1.29, 1.82) is 0 Å². The Kier molecular flexibility index (Phi) is 5.36. The van der Waals surface area contributed by atoms with E-state index in [1.807, 2.05) is 31.2 Å². The van der Waals surface area contributed by atoms with Crippen molar-refractivity contribution in [3.05, 3.63) is 58.1 Å². The van der Waals surface area contributed by atoms with E-state index in [9.17, 15) is 13.6 Å². The summed E-state index contributed by atoms with van der Waals surface area (Å²) in [7, 11) is 0. The van der Waals surface area contributed by atoms with Crippen LogP contribution in [0, 0.1) is 18.6 Å². The standard InChI is InChI=1S/C15H12BrF2NOS/c1-9-3-2-4-11(5-9)21-8-14(20)19-15-12(16)6-10(17)7-13(15)18/h2-7H,8H2,1H3,(H,19,20). The topological polar surface area (TPSA) is 29.1 Å². The molecule has 0 aliphatic rings. The lowest BCUT2D eigenvalue weighted by Gasteiger charge is -2.09. The van der Waals surface area contributed by atoms with Gasteiger partial charge in [-0.05, 0) is 41.1 Å². The van der Waals surface area contributed by atoms with Gasteiger partial charge in [-0.2, -0.15) is 0 Å². The molecular weight excluding hydrogens is 360 g/mol. The summed E-state index contributed by atoms with van der Waals surface area (Å²) in [5, 5.41) is 2.44. The molecule has 0 atom stereocenters. The quantitative estimate of drug-likeness (QED) is 0.784. The number of carbonyl (C=O) groups is 1. The second kappa shape index (κ2) is 7.04. The molecule has 0 saturated carbocycles. The fourth-order valence-electron chi connectivity index (χ4n) is 1.69. The van der Waals surface area contributed by atoms with Gasteiger partial charge in [-0.1, -0.05) is 17.7 Å². The molecule has 0 heterocycles. The first-order valence-corrected chi connectivity index (χ1v) is 7.87. The van der Waals surface area contributed by atoms with Crippen LogP contribution in [0.1, 0.15) is 5.56 Å². The Morgan fingerprint density at radius 1 is 1.29 bits per heavy atom. The Labute approximate surface area is 134 Å². The fourth-order valence-corrected chi connectivity index (χ4v) is 3.01. The van der Waals surface area contributed by atoms with Crippen molar-refractivity contribution in [1.82, 2.24) is 0 Å². The van der Waals surface area contributed by atoms with Crippen LogP contribution >= 0.6 is 27.7 Å². The van der Waals surface area contributed by atoms with E-state index in [-0.39, 0.29) is 21.8 Å². The molecule has 0 spiro atoms. The van der Waals surface area contributed by atoms with E-state index in [1.165, 1.54) is 11.8 Å². The molecule has 0 bridgehead atoms. The van der Waals surface area contributed by atoms with Crippen LogP contribution in [0.25, 0.3) is 0 Å². The average molecular weight is 372 g/mol. The van der Waals surface area contributed by atoms with Crippen molar-refractivity contribution in [2.75, 3.05) is 11.1 Å². The normalized spacial score (nSPS) is 10.5. The zero-order valence-electron chi connectivity index (χ0n) is 11.1. The third-order valence-corrected chi connectivity index (χ3v) is 4.25. The van der Waals surface area contributed by atoms with Gasteiger partial charge in [0.1, 0.15) is 5.82 Å². The van der Waals surface area contributed by atoms with E-state index in [1.54, 1.807) is 0 Å². The Morgan fingerprint density at radius 3 is 2.71 bits per heavy atom. The summed E-state index contributed by atoms with van der Waals surface area (Å²) in [5.74, 6) is -1.72. The maximum Gasteiger partial charge on any atom is 0.234 e. The Bertz CT molecular complexity index is 655. The Morgan fingerprint density at radius 2 is 2.05 bits per heavy atom. The first kappa shape index (κ1) is 16.0. The van der Waals surface area contributed by atoms with Crippen molar-refractivity contribution in [3.63, 3.8) is 0 Å². The number of halogens is 3. The summed E-state index contributed by atoms with van der Waals surface area (Å²) in [4.78, 5) is 12.8. The highest BCUT2D eigenvalue weighted by atomic mass is 79.9. The SMILES string of the molecule is Cc1cccc(SCC(=O)Nc2c(F)cc(F)cc2Br)c1. The number of thioether (sulfide) groups is 1. The van der Waals surface area contributed by atoms with E-state index in [0.29, 0.717) is 0 Å². The lowest BCUT2D eigenvalue weighted by atomic mass is 10.2. The number of benzene rings is 2. The predicted molar refractivity (Wildman–Crippen MR) is 84.6 cm³/mol.